The van der Waals surface area contributed by atoms with Gasteiger partial charge in [0.25, 0.3) is 0 Å². The molecule has 1 aromatic rings. The molecule has 0 spiro atoms. The third kappa shape index (κ3) is 3.73. The smallest absolute Gasteiger partial charge is 0.329 e. The number of primary amides is 1. The van der Waals surface area contributed by atoms with E-state index >= 15 is 0 Å². The van der Waals surface area contributed by atoms with Gasteiger partial charge in [-0.05, 0) is 31.2 Å². The Labute approximate surface area is 121 Å². The van der Waals surface area contributed by atoms with Crippen molar-refractivity contribution in [3.05, 3.63) is 35.9 Å². The maximum Gasteiger partial charge on any atom is 0.329 e. The van der Waals surface area contributed by atoms with Crippen molar-refractivity contribution in [2.75, 3.05) is 13.1 Å². The minimum atomic E-state index is -0.327. The maximum absolute atomic E-state index is 11.7. The number of nitrogens with two attached hydrogens (primary N) is 1. The summed E-state index contributed by atoms with van der Waals surface area (Å²) in [6.45, 7) is 3.72. The van der Waals surface area contributed by atoms with E-state index in [9.17, 15) is 4.79 Å². The van der Waals surface area contributed by atoms with Crippen LogP contribution >= 0.6 is 0 Å². The molecule has 0 aliphatic carbocycles. The first kappa shape index (κ1) is 14.9. The van der Waals surface area contributed by atoms with Crippen LogP contribution in [0.2, 0.25) is 0 Å². The monoisotopic (exact) mass is 275 g/mol. The van der Waals surface area contributed by atoms with Crippen LogP contribution in [0.1, 0.15) is 38.2 Å². The van der Waals surface area contributed by atoms with Crippen LogP contribution in [-0.4, -0.2) is 35.2 Å². The van der Waals surface area contributed by atoms with Crippen LogP contribution < -0.4 is 5.73 Å². The van der Waals surface area contributed by atoms with E-state index in [4.69, 9.17) is 5.73 Å². The van der Waals surface area contributed by atoms with E-state index in [1.54, 1.807) is 5.01 Å². The number of carbonyl (C=O) groups excluding carboxylic acids is 1. The molecule has 0 radical (unpaired) electrons. The molecule has 1 atom stereocenters. The number of hydrazine groups is 1. The van der Waals surface area contributed by atoms with Gasteiger partial charge in [0, 0.05) is 19.1 Å². The second-order valence-corrected chi connectivity index (χ2v) is 5.46. The lowest BCUT2D eigenvalue weighted by atomic mass is 9.97. The quantitative estimate of drug-likeness (QED) is 0.898. The van der Waals surface area contributed by atoms with Gasteiger partial charge in [-0.15, -0.1) is 0 Å². The van der Waals surface area contributed by atoms with Crippen LogP contribution in [0.15, 0.2) is 30.3 Å². The fourth-order valence-electron chi connectivity index (χ4n) is 2.97. The summed E-state index contributed by atoms with van der Waals surface area (Å²) in [5, 5.41) is 3.94. The number of amides is 2. The number of benzene rings is 1. The SMILES string of the molecule is CCCN(C(N)=O)N1CCCCC1Cc1ccccc1. The van der Waals surface area contributed by atoms with Gasteiger partial charge in [0.1, 0.15) is 0 Å². The largest absolute Gasteiger partial charge is 0.350 e. The molecule has 1 fully saturated rings. The van der Waals surface area contributed by atoms with Crippen LogP contribution in [0.3, 0.4) is 0 Å². The van der Waals surface area contributed by atoms with Gasteiger partial charge in [-0.3, -0.25) is 5.01 Å². The zero-order valence-electron chi connectivity index (χ0n) is 12.3. The van der Waals surface area contributed by atoms with Crippen molar-refractivity contribution in [2.24, 2.45) is 5.73 Å². The summed E-state index contributed by atoms with van der Waals surface area (Å²) < 4.78 is 0. The fourth-order valence-corrected chi connectivity index (χ4v) is 2.97. The Hall–Kier alpha value is -1.55. The van der Waals surface area contributed by atoms with Gasteiger partial charge in [-0.2, -0.15) is 0 Å². The van der Waals surface area contributed by atoms with Crippen molar-refractivity contribution >= 4 is 6.03 Å². The highest BCUT2D eigenvalue weighted by molar-refractivity contribution is 5.71. The minimum Gasteiger partial charge on any atom is -0.350 e. The summed E-state index contributed by atoms with van der Waals surface area (Å²) >= 11 is 0. The second kappa shape index (κ2) is 7.29. The van der Waals surface area contributed by atoms with Gasteiger partial charge < -0.3 is 5.73 Å². The van der Waals surface area contributed by atoms with E-state index < -0.39 is 0 Å². The highest BCUT2D eigenvalue weighted by Crippen LogP contribution is 2.22. The van der Waals surface area contributed by atoms with Gasteiger partial charge in [0.2, 0.25) is 0 Å². The topological polar surface area (TPSA) is 49.6 Å². The zero-order chi connectivity index (χ0) is 14.4. The second-order valence-electron chi connectivity index (χ2n) is 5.46. The zero-order valence-corrected chi connectivity index (χ0v) is 12.3. The summed E-state index contributed by atoms with van der Waals surface area (Å²) in [5.74, 6) is 0. The Kier molecular flexibility index (Phi) is 5.41. The Morgan fingerprint density at radius 1 is 1.35 bits per heavy atom. The lowest BCUT2D eigenvalue weighted by Gasteiger charge is -2.42. The van der Waals surface area contributed by atoms with Crippen molar-refractivity contribution in [3.63, 3.8) is 0 Å². The number of hydrogen-bond acceptors (Lipinski definition) is 2. The summed E-state index contributed by atoms with van der Waals surface area (Å²) in [7, 11) is 0. The van der Waals surface area contributed by atoms with Crippen molar-refractivity contribution in [2.45, 2.75) is 45.1 Å². The molecule has 2 rings (SSSR count). The molecule has 1 saturated heterocycles. The van der Waals surface area contributed by atoms with Crippen LogP contribution in [0.5, 0.6) is 0 Å². The number of piperidine rings is 1. The maximum atomic E-state index is 11.7. The molecule has 2 amide bonds. The van der Waals surface area contributed by atoms with E-state index in [1.165, 1.54) is 12.0 Å². The van der Waals surface area contributed by atoms with Gasteiger partial charge in [-0.25, -0.2) is 9.80 Å². The standard InChI is InChI=1S/C16H25N3O/c1-2-11-19(16(17)20)18-12-7-6-10-15(18)13-14-8-4-3-5-9-14/h3-5,8-9,15H,2,6-7,10-13H2,1H3,(H2,17,20). The molecule has 4 nitrogen and oxygen atoms in total. The van der Waals surface area contributed by atoms with E-state index in [2.05, 4.69) is 36.2 Å². The third-order valence-corrected chi connectivity index (χ3v) is 3.91. The predicted molar refractivity (Wildman–Crippen MR) is 81.1 cm³/mol. The first-order valence-corrected chi connectivity index (χ1v) is 7.59. The summed E-state index contributed by atoms with van der Waals surface area (Å²) in [4.78, 5) is 11.7. The van der Waals surface area contributed by atoms with Crippen LogP contribution in [0, 0.1) is 0 Å². The summed E-state index contributed by atoms with van der Waals surface area (Å²) in [6.07, 6.45) is 5.40. The van der Waals surface area contributed by atoms with Crippen LogP contribution in [-0.2, 0) is 6.42 Å². The molecule has 1 aliphatic heterocycles. The lowest BCUT2D eigenvalue weighted by Crippen LogP contribution is -2.56. The molecule has 110 valence electrons. The molecule has 1 unspecified atom stereocenters. The van der Waals surface area contributed by atoms with E-state index in [1.807, 2.05) is 6.07 Å². The average molecular weight is 275 g/mol. The number of urea groups is 1. The molecule has 0 aromatic heterocycles. The summed E-state index contributed by atoms with van der Waals surface area (Å²) in [5.41, 5.74) is 6.88. The average Bonchev–Trinajstić information content (AvgIpc) is 2.46. The number of hydrogen-bond donors (Lipinski definition) is 1. The molecule has 2 N–H and O–H groups in total. The van der Waals surface area contributed by atoms with Gasteiger partial charge in [0.15, 0.2) is 0 Å². The Morgan fingerprint density at radius 3 is 2.75 bits per heavy atom. The Bertz CT molecular complexity index is 421. The van der Waals surface area contributed by atoms with Crippen molar-refractivity contribution in [1.82, 2.24) is 10.0 Å². The summed E-state index contributed by atoms with van der Waals surface area (Å²) in [6, 6.07) is 10.5. The molecule has 0 saturated carbocycles. The molecule has 4 heteroatoms. The lowest BCUT2D eigenvalue weighted by molar-refractivity contribution is -0.0401. The van der Waals surface area contributed by atoms with E-state index in [-0.39, 0.29) is 6.03 Å². The fraction of sp³-hybridized carbons (Fsp3) is 0.562. The highest BCUT2D eigenvalue weighted by atomic mass is 16.2. The highest BCUT2D eigenvalue weighted by Gasteiger charge is 2.29. The van der Waals surface area contributed by atoms with Gasteiger partial charge >= 0.3 is 6.03 Å². The van der Waals surface area contributed by atoms with Crippen LogP contribution in [0.4, 0.5) is 4.79 Å². The Balaban J connectivity index is 2.09. The van der Waals surface area contributed by atoms with Crippen molar-refractivity contribution < 1.29 is 4.79 Å². The molecule has 1 aromatic carbocycles. The number of rotatable bonds is 5. The molecule has 1 aliphatic rings. The van der Waals surface area contributed by atoms with E-state index in [0.717, 1.165) is 32.2 Å². The first-order valence-electron chi connectivity index (χ1n) is 7.59. The van der Waals surface area contributed by atoms with Gasteiger partial charge in [0.05, 0.1) is 0 Å². The van der Waals surface area contributed by atoms with Gasteiger partial charge in [-0.1, -0.05) is 43.7 Å². The molecule has 20 heavy (non-hydrogen) atoms. The van der Waals surface area contributed by atoms with Crippen LogP contribution in [0.25, 0.3) is 0 Å². The normalized spacial score (nSPS) is 19.8. The molecular weight excluding hydrogens is 250 g/mol. The number of nitrogens with zero attached hydrogens (tertiary/aromatic N) is 2. The molecule has 1 heterocycles. The minimum absolute atomic E-state index is 0.327. The molecular formula is C16H25N3O. The predicted octanol–water partition coefficient (Wildman–Crippen LogP) is 2.79. The Morgan fingerprint density at radius 2 is 2.10 bits per heavy atom. The first-order chi connectivity index (χ1) is 9.72. The molecule has 0 bridgehead atoms. The van der Waals surface area contributed by atoms with E-state index in [0.29, 0.717) is 12.6 Å². The number of carbonyl (C=O) groups is 1. The third-order valence-electron chi connectivity index (χ3n) is 3.91. The van der Waals surface area contributed by atoms with Crippen molar-refractivity contribution in [3.8, 4) is 0 Å². The van der Waals surface area contributed by atoms with Crippen molar-refractivity contribution in [1.29, 1.82) is 0 Å².